The normalized spacial score (nSPS) is 14.3. The van der Waals surface area contributed by atoms with Crippen molar-refractivity contribution in [2.75, 3.05) is 37.6 Å². The van der Waals surface area contributed by atoms with Crippen LogP contribution < -0.4 is 10.2 Å². The number of amides is 2. The second-order valence-corrected chi connectivity index (χ2v) is 7.04. The molecule has 0 radical (unpaired) electrons. The molecule has 2 heterocycles. The number of aryl methyl sites for hydroxylation is 1. The van der Waals surface area contributed by atoms with Crippen molar-refractivity contribution in [1.82, 2.24) is 10.2 Å². The van der Waals surface area contributed by atoms with Crippen molar-refractivity contribution in [3.8, 4) is 0 Å². The second-order valence-electron chi connectivity index (χ2n) is 7.04. The number of carbonyl (C=O) groups excluding carboxylic acids is 2. The molecule has 0 bridgehead atoms. The van der Waals surface area contributed by atoms with Crippen molar-refractivity contribution in [3.05, 3.63) is 65.9 Å². The Morgan fingerprint density at radius 2 is 1.75 bits per heavy atom. The summed E-state index contributed by atoms with van der Waals surface area (Å²) in [5.74, 6) is -0.222. The van der Waals surface area contributed by atoms with Gasteiger partial charge in [-0.15, -0.1) is 0 Å². The number of nitrogens with zero attached hydrogens (tertiary/aromatic N) is 2. The van der Waals surface area contributed by atoms with Crippen molar-refractivity contribution in [2.24, 2.45) is 0 Å². The van der Waals surface area contributed by atoms with E-state index in [-0.39, 0.29) is 24.1 Å². The third-order valence-corrected chi connectivity index (χ3v) is 5.05. The van der Waals surface area contributed by atoms with E-state index in [1.54, 1.807) is 11.0 Å². The van der Waals surface area contributed by atoms with E-state index in [0.717, 1.165) is 24.0 Å². The summed E-state index contributed by atoms with van der Waals surface area (Å²) in [5.41, 5.74) is 2.94. The molecule has 1 aliphatic heterocycles. The third kappa shape index (κ3) is 3.86. The fourth-order valence-electron chi connectivity index (χ4n) is 3.48. The van der Waals surface area contributed by atoms with Gasteiger partial charge in [0.2, 0.25) is 5.91 Å². The molecule has 1 N–H and O–H groups in total. The monoisotopic (exact) mass is 377 g/mol. The van der Waals surface area contributed by atoms with E-state index >= 15 is 0 Å². The molecule has 1 saturated heterocycles. The van der Waals surface area contributed by atoms with Crippen molar-refractivity contribution in [2.45, 2.75) is 6.92 Å². The smallest absolute Gasteiger partial charge is 0.287 e. The lowest BCUT2D eigenvalue weighted by molar-refractivity contribution is -0.130. The zero-order chi connectivity index (χ0) is 19.5. The van der Waals surface area contributed by atoms with Crippen LogP contribution in [0.15, 0.2) is 59.0 Å². The van der Waals surface area contributed by atoms with E-state index in [1.807, 2.05) is 43.3 Å². The molecular weight excluding hydrogens is 354 g/mol. The number of carbonyl (C=O) groups is 2. The molecule has 0 unspecified atom stereocenters. The lowest BCUT2D eigenvalue weighted by Gasteiger charge is -2.36. The van der Waals surface area contributed by atoms with Gasteiger partial charge in [0.15, 0.2) is 5.76 Å². The van der Waals surface area contributed by atoms with Crippen molar-refractivity contribution < 1.29 is 14.0 Å². The lowest BCUT2D eigenvalue weighted by atomic mass is 10.2. The average Bonchev–Trinajstić information content (AvgIpc) is 3.16. The molecule has 6 nitrogen and oxygen atoms in total. The van der Waals surface area contributed by atoms with Gasteiger partial charge >= 0.3 is 0 Å². The van der Waals surface area contributed by atoms with Gasteiger partial charge in [-0.25, -0.2) is 0 Å². The van der Waals surface area contributed by atoms with Crippen LogP contribution >= 0.6 is 0 Å². The average molecular weight is 377 g/mol. The second kappa shape index (κ2) is 7.76. The summed E-state index contributed by atoms with van der Waals surface area (Å²) in [6.45, 7) is 4.82. The number of rotatable bonds is 4. The Morgan fingerprint density at radius 3 is 2.50 bits per heavy atom. The van der Waals surface area contributed by atoms with Gasteiger partial charge in [-0.2, -0.15) is 0 Å². The first kappa shape index (κ1) is 18.1. The number of para-hydroxylation sites is 1. The summed E-state index contributed by atoms with van der Waals surface area (Å²) < 4.78 is 5.58. The molecule has 0 saturated carbocycles. The van der Waals surface area contributed by atoms with Crippen molar-refractivity contribution in [3.63, 3.8) is 0 Å². The molecule has 0 atom stereocenters. The number of hydrogen-bond acceptors (Lipinski definition) is 4. The van der Waals surface area contributed by atoms with Crippen LogP contribution in [-0.4, -0.2) is 49.4 Å². The molecule has 1 aliphatic rings. The van der Waals surface area contributed by atoms with Gasteiger partial charge in [-0.05, 0) is 37.3 Å². The first-order valence-corrected chi connectivity index (χ1v) is 9.46. The highest BCUT2D eigenvalue weighted by Gasteiger charge is 2.22. The van der Waals surface area contributed by atoms with E-state index in [4.69, 9.17) is 4.42 Å². The molecule has 2 aromatic carbocycles. The van der Waals surface area contributed by atoms with Crippen LogP contribution in [0.25, 0.3) is 11.0 Å². The maximum absolute atomic E-state index is 12.5. The van der Waals surface area contributed by atoms with E-state index in [2.05, 4.69) is 22.3 Å². The van der Waals surface area contributed by atoms with Crippen LogP contribution in [0.4, 0.5) is 5.69 Å². The molecule has 2 amide bonds. The lowest BCUT2D eigenvalue weighted by Crippen LogP contribution is -2.51. The minimum Gasteiger partial charge on any atom is -0.451 e. The number of piperazine rings is 1. The largest absolute Gasteiger partial charge is 0.451 e. The minimum atomic E-state index is -0.370. The predicted octanol–water partition coefficient (Wildman–Crippen LogP) is 2.82. The van der Waals surface area contributed by atoms with Crippen LogP contribution in [-0.2, 0) is 4.79 Å². The van der Waals surface area contributed by atoms with Crippen LogP contribution in [0, 0.1) is 6.92 Å². The molecule has 0 spiro atoms. The van der Waals surface area contributed by atoms with Gasteiger partial charge in [-0.3, -0.25) is 9.59 Å². The number of nitrogens with one attached hydrogen (secondary N) is 1. The Kier molecular flexibility index (Phi) is 5.02. The van der Waals surface area contributed by atoms with Gasteiger partial charge in [0.25, 0.3) is 5.91 Å². The van der Waals surface area contributed by atoms with E-state index < -0.39 is 0 Å². The Bertz CT molecular complexity index is 989. The third-order valence-electron chi connectivity index (χ3n) is 5.05. The van der Waals surface area contributed by atoms with Crippen LogP contribution in [0.3, 0.4) is 0 Å². The molecule has 0 aliphatic carbocycles. The fourth-order valence-corrected chi connectivity index (χ4v) is 3.48. The van der Waals surface area contributed by atoms with E-state index in [0.29, 0.717) is 18.7 Å². The Labute approximate surface area is 163 Å². The van der Waals surface area contributed by atoms with Crippen LogP contribution in [0.5, 0.6) is 0 Å². The first-order valence-electron chi connectivity index (χ1n) is 9.46. The predicted molar refractivity (Wildman–Crippen MR) is 109 cm³/mol. The Hall–Kier alpha value is -3.28. The number of anilines is 1. The van der Waals surface area contributed by atoms with Gasteiger partial charge in [0, 0.05) is 37.3 Å². The number of fused-ring (bicyclic) bond motifs is 1. The molecule has 1 fully saturated rings. The molecule has 6 heteroatoms. The molecule has 28 heavy (non-hydrogen) atoms. The van der Waals surface area contributed by atoms with Gasteiger partial charge in [0.1, 0.15) is 5.58 Å². The first-order chi connectivity index (χ1) is 13.6. The summed E-state index contributed by atoms with van der Waals surface area (Å²) in [4.78, 5) is 28.9. The number of hydrogen-bond donors (Lipinski definition) is 1. The maximum atomic E-state index is 12.5. The topological polar surface area (TPSA) is 65.8 Å². The molecule has 1 aromatic heterocycles. The highest BCUT2D eigenvalue weighted by molar-refractivity contribution is 5.97. The SMILES string of the molecule is Cc1ccc2oc(C(=O)NCC(=O)N3CCN(c4ccccc4)CC3)cc2c1. The van der Waals surface area contributed by atoms with Crippen LogP contribution in [0.1, 0.15) is 16.1 Å². The molecular formula is C22H23N3O3. The zero-order valence-electron chi connectivity index (χ0n) is 15.9. The Balaban J connectivity index is 1.30. The summed E-state index contributed by atoms with van der Waals surface area (Å²) in [6, 6.07) is 17.6. The number of benzene rings is 2. The van der Waals surface area contributed by atoms with Gasteiger partial charge in [0.05, 0.1) is 6.54 Å². The maximum Gasteiger partial charge on any atom is 0.287 e. The van der Waals surface area contributed by atoms with E-state index in [9.17, 15) is 9.59 Å². The van der Waals surface area contributed by atoms with Gasteiger partial charge in [-0.1, -0.05) is 29.8 Å². The fraction of sp³-hybridized carbons (Fsp3) is 0.273. The van der Waals surface area contributed by atoms with E-state index in [1.165, 1.54) is 5.69 Å². The zero-order valence-corrected chi connectivity index (χ0v) is 15.9. The van der Waals surface area contributed by atoms with Crippen molar-refractivity contribution in [1.29, 1.82) is 0 Å². The minimum absolute atomic E-state index is 0.0275. The highest BCUT2D eigenvalue weighted by Crippen LogP contribution is 2.20. The highest BCUT2D eigenvalue weighted by atomic mass is 16.3. The standard InChI is InChI=1S/C22H23N3O3/c1-16-7-8-19-17(13-16)14-20(28-19)22(27)23-15-21(26)25-11-9-24(10-12-25)18-5-3-2-4-6-18/h2-8,13-14H,9-12,15H2,1H3,(H,23,27). The summed E-state index contributed by atoms with van der Waals surface area (Å²) in [5, 5.41) is 3.56. The van der Waals surface area contributed by atoms with Crippen LogP contribution in [0.2, 0.25) is 0 Å². The van der Waals surface area contributed by atoms with Crippen molar-refractivity contribution >= 4 is 28.5 Å². The molecule has 144 valence electrons. The quantitative estimate of drug-likeness (QED) is 0.759. The Morgan fingerprint density at radius 1 is 1.00 bits per heavy atom. The molecule has 3 aromatic rings. The number of furan rings is 1. The molecule has 4 rings (SSSR count). The summed E-state index contributed by atoms with van der Waals surface area (Å²) in [6.07, 6.45) is 0. The van der Waals surface area contributed by atoms with Gasteiger partial charge < -0.3 is 19.5 Å². The summed E-state index contributed by atoms with van der Waals surface area (Å²) in [7, 11) is 0. The summed E-state index contributed by atoms with van der Waals surface area (Å²) >= 11 is 0.